The first kappa shape index (κ1) is 30.0. The predicted octanol–water partition coefficient (Wildman–Crippen LogP) is -2.63. The summed E-state index contributed by atoms with van der Waals surface area (Å²) < 4.78 is 8.35. The molecule has 0 saturated carbocycles. The Morgan fingerprint density at radius 3 is 1.89 bits per heavy atom. The smallest absolute Gasteiger partial charge is 0.243 e. The number of benzene rings is 2. The summed E-state index contributed by atoms with van der Waals surface area (Å²) in [7, 11) is 3.98. The number of aromatic nitrogens is 4. The number of aryl methyl sites for hydroxylation is 4. The second kappa shape index (κ2) is 14.5. The van der Waals surface area contributed by atoms with E-state index in [1.165, 1.54) is 0 Å². The van der Waals surface area contributed by atoms with Gasteiger partial charge in [0.05, 0.1) is 27.2 Å². The molecule has 2 heterocycles. The van der Waals surface area contributed by atoms with Crippen molar-refractivity contribution in [3.63, 3.8) is 0 Å². The van der Waals surface area contributed by atoms with Gasteiger partial charge >= 0.3 is 0 Å². The quantitative estimate of drug-likeness (QED) is 0.143. The van der Waals surface area contributed by atoms with E-state index in [1.807, 2.05) is 90.1 Å². The third-order valence-electron chi connectivity index (χ3n) is 6.37. The average molecular weight is 620 g/mol. The Morgan fingerprint density at radius 1 is 0.722 bits per heavy atom. The van der Waals surface area contributed by atoms with Crippen molar-refractivity contribution in [1.82, 2.24) is 9.13 Å². The first-order valence-electron chi connectivity index (χ1n) is 12.1. The number of aliphatic hydroxyl groups excluding tert-OH is 2. The lowest BCUT2D eigenvalue weighted by molar-refractivity contribution is -0.697. The highest BCUT2D eigenvalue weighted by Gasteiger charge is 2.22. The molecular weight excluding hydrogens is 584 g/mol. The van der Waals surface area contributed by atoms with E-state index in [0.717, 1.165) is 61.3 Å². The van der Waals surface area contributed by atoms with Crippen molar-refractivity contribution in [3.8, 4) is 0 Å². The van der Waals surface area contributed by atoms with Crippen LogP contribution in [0.15, 0.2) is 85.7 Å². The fourth-order valence-electron chi connectivity index (χ4n) is 4.53. The molecule has 0 aliphatic carbocycles. The zero-order chi connectivity index (χ0) is 23.9. The molecule has 6 nitrogen and oxygen atoms in total. The van der Waals surface area contributed by atoms with Gasteiger partial charge in [0.25, 0.3) is 0 Å². The van der Waals surface area contributed by atoms with Gasteiger partial charge in [0, 0.05) is 0 Å². The van der Waals surface area contributed by atoms with Crippen molar-refractivity contribution >= 4 is 0 Å². The van der Waals surface area contributed by atoms with Gasteiger partial charge in [0.2, 0.25) is 12.7 Å². The second-order valence-corrected chi connectivity index (χ2v) is 9.09. The lowest BCUT2D eigenvalue weighted by Gasteiger charge is -2.09. The molecular formula is C28H36Br2N4O2. The van der Waals surface area contributed by atoms with Crippen LogP contribution in [-0.2, 0) is 27.2 Å². The minimum Gasteiger partial charge on any atom is -1.00 e. The highest BCUT2D eigenvalue weighted by atomic mass is 79.9. The largest absolute Gasteiger partial charge is 1.00 e. The van der Waals surface area contributed by atoms with Crippen LogP contribution in [0.3, 0.4) is 0 Å². The molecule has 2 aromatic carbocycles. The van der Waals surface area contributed by atoms with Gasteiger partial charge in [-0.25, -0.2) is 18.3 Å². The van der Waals surface area contributed by atoms with E-state index < -0.39 is 12.2 Å². The van der Waals surface area contributed by atoms with E-state index >= 15 is 0 Å². The molecule has 194 valence electrons. The molecule has 0 bridgehead atoms. The molecule has 0 saturated heterocycles. The van der Waals surface area contributed by atoms with Crippen molar-refractivity contribution in [1.29, 1.82) is 0 Å². The zero-order valence-corrected chi connectivity index (χ0v) is 24.1. The van der Waals surface area contributed by atoms with Gasteiger partial charge in [-0.05, 0) is 36.8 Å². The van der Waals surface area contributed by atoms with E-state index in [1.54, 1.807) is 0 Å². The predicted molar refractivity (Wildman–Crippen MR) is 131 cm³/mol. The number of hydrogen-bond donors (Lipinski definition) is 2. The summed E-state index contributed by atoms with van der Waals surface area (Å²) in [5.74, 6) is 0. The van der Waals surface area contributed by atoms with Gasteiger partial charge < -0.3 is 44.2 Å². The number of nitrogens with zero attached hydrogens (tertiary/aromatic N) is 4. The Hall–Kier alpha value is -2.26. The molecule has 0 aliphatic rings. The number of halogens is 2. The van der Waals surface area contributed by atoms with Crippen molar-refractivity contribution in [2.75, 3.05) is 0 Å². The van der Waals surface area contributed by atoms with Gasteiger partial charge in [-0.3, -0.25) is 0 Å². The molecule has 4 rings (SSSR count). The van der Waals surface area contributed by atoms with Crippen LogP contribution in [0.25, 0.3) is 0 Å². The SMILES string of the molecule is Cn1c[n+](CCCCCCn2c[n+](C)cc2C(O)c2ccccc2)cc1C(O)c1ccccc1.[Br-].[Br-]. The molecule has 0 fully saturated rings. The lowest BCUT2D eigenvalue weighted by atomic mass is 10.1. The summed E-state index contributed by atoms with van der Waals surface area (Å²) in [5.41, 5.74) is 3.65. The molecule has 8 heteroatoms. The second-order valence-electron chi connectivity index (χ2n) is 9.09. The van der Waals surface area contributed by atoms with Crippen LogP contribution >= 0.6 is 0 Å². The Morgan fingerprint density at radius 2 is 1.28 bits per heavy atom. The van der Waals surface area contributed by atoms with Crippen LogP contribution in [0.2, 0.25) is 0 Å². The van der Waals surface area contributed by atoms with Gasteiger partial charge in [-0.1, -0.05) is 60.7 Å². The maximum atomic E-state index is 10.8. The Balaban J connectivity index is 0.00000228. The molecule has 0 aliphatic heterocycles. The Bertz CT molecular complexity index is 1180. The van der Waals surface area contributed by atoms with Crippen molar-refractivity contribution in [3.05, 3.63) is 108 Å². The van der Waals surface area contributed by atoms with E-state index in [2.05, 4.69) is 28.0 Å². The number of imidazole rings is 2. The standard InChI is InChI=1S/C28H36N4O2.2BrH/c1-29-19-26(28(34)24-15-9-6-10-16-24)32(21-29)18-12-4-3-11-17-31-20-25(30(2)22-31)27(33)23-13-7-5-8-14-23;;/h5-10,13-16,19-22,27-28,33-34H,3-4,11-12,17-18H2,1-2H3;2*1H/q+2;;/p-2. The molecule has 2 N–H and O–H groups in total. The maximum absolute atomic E-state index is 10.8. The minimum atomic E-state index is -0.615. The van der Waals surface area contributed by atoms with Crippen molar-refractivity contribution in [2.45, 2.75) is 51.0 Å². The van der Waals surface area contributed by atoms with Crippen molar-refractivity contribution < 1.29 is 53.3 Å². The van der Waals surface area contributed by atoms with Crippen LogP contribution in [0, 0.1) is 0 Å². The zero-order valence-electron chi connectivity index (χ0n) is 20.9. The third-order valence-corrected chi connectivity index (χ3v) is 6.37. The minimum absolute atomic E-state index is 0. The van der Waals surface area contributed by atoms with E-state index in [-0.39, 0.29) is 34.0 Å². The summed E-state index contributed by atoms with van der Waals surface area (Å²) >= 11 is 0. The van der Waals surface area contributed by atoms with E-state index in [0.29, 0.717) is 0 Å². The van der Waals surface area contributed by atoms with Crippen LogP contribution in [-0.4, -0.2) is 19.3 Å². The molecule has 2 unspecified atom stereocenters. The van der Waals surface area contributed by atoms with E-state index in [4.69, 9.17) is 0 Å². The fourth-order valence-corrected chi connectivity index (χ4v) is 4.53. The highest BCUT2D eigenvalue weighted by Crippen LogP contribution is 2.22. The topological polar surface area (TPSA) is 58.1 Å². The number of unbranched alkanes of at least 4 members (excludes halogenated alkanes) is 3. The summed E-state index contributed by atoms with van der Waals surface area (Å²) in [4.78, 5) is 0. The van der Waals surface area contributed by atoms with Gasteiger partial charge in [0.1, 0.15) is 24.6 Å². The van der Waals surface area contributed by atoms with Crippen LogP contribution in [0.5, 0.6) is 0 Å². The monoisotopic (exact) mass is 618 g/mol. The van der Waals surface area contributed by atoms with Crippen molar-refractivity contribution in [2.24, 2.45) is 14.1 Å². The van der Waals surface area contributed by atoms with Crippen LogP contribution in [0.4, 0.5) is 0 Å². The fraction of sp³-hybridized carbons (Fsp3) is 0.357. The Kier molecular flexibility index (Phi) is 12.0. The summed E-state index contributed by atoms with van der Waals surface area (Å²) in [6.45, 7) is 1.83. The summed E-state index contributed by atoms with van der Waals surface area (Å²) in [5, 5.41) is 21.5. The van der Waals surface area contributed by atoms with Gasteiger partial charge in [-0.2, -0.15) is 0 Å². The summed E-state index contributed by atoms with van der Waals surface area (Å²) in [6, 6.07) is 19.6. The molecule has 2 aromatic heterocycles. The first-order valence-corrected chi connectivity index (χ1v) is 12.1. The van der Waals surface area contributed by atoms with Crippen LogP contribution < -0.4 is 43.1 Å². The number of aliphatic hydroxyl groups is 2. The van der Waals surface area contributed by atoms with E-state index in [9.17, 15) is 10.2 Å². The normalized spacial score (nSPS) is 12.4. The molecule has 4 aromatic rings. The Labute approximate surface area is 235 Å². The molecule has 2 atom stereocenters. The maximum Gasteiger partial charge on any atom is 0.243 e. The van der Waals surface area contributed by atoms with Crippen LogP contribution in [0.1, 0.15) is 60.4 Å². The first-order chi connectivity index (χ1) is 16.5. The number of rotatable bonds is 11. The molecule has 36 heavy (non-hydrogen) atoms. The highest BCUT2D eigenvalue weighted by molar-refractivity contribution is 5.25. The summed E-state index contributed by atoms with van der Waals surface area (Å²) in [6.07, 6.45) is 11.4. The van der Waals surface area contributed by atoms with Gasteiger partial charge in [0.15, 0.2) is 11.4 Å². The molecule has 0 spiro atoms. The van der Waals surface area contributed by atoms with Gasteiger partial charge in [-0.15, -0.1) is 0 Å². The number of hydrogen-bond acceptors (Lipinski definition) is 2. The molecule has 0 radical (unpaired) electrons. The lowest BCUT2D eigenvalue weighted by Crippen LogP contribution is -3.00. The average Bonchev–Trinajstić information content (AvgIpc) is 3.43. The molecule has 0 amide bonds. The third kappa shape index (κ3) is 7.62.